The van der Waals surface area contributed by atoms with E-state index in [0.717, 1.165) is 18.2 Å². The van der Waals surface area contributed by atoms with Crippen LogP contribution in [0.2, 0.25) is 0 Å². The van der Waals surface area contributed by atoms with Gasteiger partial charge in [0.1, 0.15) is 0 Å². The average Bonchev–Trinajstić information content (AvgIpc) is 2.72. The molecule has 0 saturated heterocycles. The molecule has 0 aliphatic rings. The summed E-state index contributed by atoms with van der Waals surface area (Å²) in [7, 11) is 1.23. The Morgan fingerprint density at radius 1 is 1.19 bits per heavy atom. The van der Waals surface area contributed by atoms with E-state index >= 15 is 0 Å². The molecule has 0 fully saturated rings. The van der Waals surface area contributed by atoms with Crippen molar-refractivity contribution >= 4 is 34.0 Å². The summed E-state index contributed by atoms with van der Waals surface area (Å²) in [5.74, 6) is -0.786. The summed E-state index contributed by atoms with van der Waals surface area (Å²) in [6.45, 7) is 1.75. The molecule has 166 valence electrons. The first-order valence-electron chi connectivity index (χ1n) is 8.82. The first kappa shape index (κ1) is 24.2. The third kappa shape index (κ3) is 6.99. The minimum Gasteiger partial charge on any atom is -0.490 e. The predicted molar refractivity (Wildman–Crippen MR) is 109 cm³/mol. The summed E-state index contributed by atoms with van der Waals surface area (Å²) in [5.41, 5.74) is 1.55. The van der Waals surface area contributed by atoms with Gasteiger partial charge < -0.3 is 14.2 Å². The Bertz CT molecular complexity index is 980. The molecule has 11 heteroatoms. The van der Waals surface area contributed by atoms with Crippen LogP contribution >= 0.6 is 15.9 Å². The number of carbonyl (C=O) groups excluding carboxylic acids is 2. The number of nitrogens with one attached hydrogen (secondary N) is 1. The van der Waals surface area contributed by atoms with Crippen LogP contribution in [-0.2, 0) is 15.7 Å². The van der Waals surface area contributed by atoms with E-state index in [9.17, 15) is 22.8 Å². The third-order valence-corrected chi connectivity index (χ3v) is 4.31. The zero-order valence-electron chi connectivity index (χ0n) is 16.5. The first-order valence-corrected chi connectivity index (χ1v) is 9.61. The third-order valence-electron chi connectivity index (χ3n) is 3.73. The second-order valence-corrected chi connectivity index (χ2v) is 6.76. The highest BCUT2D eigenvalue weighted by molar-refractivity contribution is 9.10. The minimum atomic E-state index is -4.56. The molecule has 0 aromatic heterocycles. The van der Waals surface area contributed by atoms with Crippen molar-refractivity contribution < 1.29 is 37.0 Å². The molecule has 0 aliphatic carbocycles. The van der Waals surface area contributed by atoms with E-state index in [0.29, 0.717) is 22.4 Å². The fourth-order valence-corrected chi connectivity index (χ4v) is 2.90. The minimum absolute atomic E-state index is 0.185. The maximum atomic E-state index is 12.8. The SMILES string of the molecule is CCOc1cc(/C=N\NC(=O)c2cccc(C(F)(F)F)c2)cc(Br)c1OCC(=O)OC. The van der Waals surface area contributed by atoms with Crippen molar-refractivity contribution in [3.8, 4) is 11.5 Å². The van der Waals surface area contributed by atoms with E-state index in [2.05, 4.69) is 31.2 Å². The van der Waals surface area contributed by atoms with E-state index < -0.39 is 23.6 Å². The molecule has 31 heavy (non-hydrogen) atoms. The number of hydrogen-bond acceptors (Lipinski definition) is 6. The molecule has 0 aliphatic heterocycles. The molecule has 2 aromatic carbocycles. The van der Waals surface area contributed by atoms with E-state index in [-0.39, 0.29) is 17.9 Å². The summed E-state index contributed by atoms with van der Waals surface area (Å²) in [5, 5.41) is 3.77. The van der Waals surface area contributed by atoms with Crippen LogP contribution in [0.25, 0.3) is 0 Å². The van der Waals surface area contributed by atoms with Crippen LogP contribution in [0.15, 0.2) is 46.0 Å². The van der Waals surface area contributed by atoms with E-state index in [1.807, 2.05) is 0 Å². The Kier molecular flexibility index (Phi) is 8.43. The van der Waals surface area contributed by atoms with Crippen LogP contribution in [0.1, 0.15) is 28.4 Å². The summed E-state index contributed by atoms with van der Waals surface area (Å²) in [4.78, 5) is 23.4. The van der Waals surface area contributed by atoms with E-state index in [1.54, 1.807) is 19.1 Å². The van der Waals surface area contributed by atoms with Crippen LogP contribution in [0.4, 0.5) is 13.2 Å². The molecule has 0 radical (unpaired) electrons. The Labute approximate surface area is 184 Å². The summed E-state index contributed by atoms with van der Waals surface area (Å²) in [6.07, 6.45) is -3.28. The number of ether oxygens (including phenoxy) is 3. The molecule has 0 bridgehead atoms. The quantitative estimate of drug-likeness (QED) is 0.332. The molecule has 0 spiro atoms. The zero-order valence-corrected chi connectivity index (χ0v) is 18.0. The fourth-order valence-electron chi connectivity index (χ4n) is 2.32. The number of halogens is 4. The lowest BCUT2D eigenvalue weighted by molar-refractivity contribution is -0.143. The highest BCUT2D eigenvalue weighted by atomic mass is 79.9. The van der Waals surface area contributed by atoms with Crippen LogP contribution in [0, 0.1) is 0 Å². The van der Waals surface area contributed by atoms with E-state index in [4.69, 9.17) is 9.47 Å². The monoisotopic (exact) mass is 502 g/mol. The van der Waals surface area contributed by atoms with Gasteiger partial charge in [0, 0.05) is 5.56 Å². The number of amides is 1. The predicted octanol–water partition coefficient (Wildman–Crippen LogP) is 4.18. The maximum Gasteiger partial charge on any atom is 0.416 e. The molecule has 0 atom stereocenters. The second-order valence-electron chi connectivity index (χ2n) is 5.91. The van der Waals surface area contributed by atoms with E-state index in [1.165, 1.54) is 19.4 Å². The highest BCUT2D eigenvalue weighted by Crippen LogP contribution is 2.36. The number of methoxy groups -OCH3 is 1. The van der Waals surface area contributed by atoms with Crippen molar-refractivity contribution in [2.75, 3.05) is 20.3 Å². The first-order chi connectivity index (χ1) is 14.7. The number of benzene rings is 2. The van der Waals surface area contributed by atoms with Gasteiger partial charge in [0.15, 0.2) is 18.1 Å². The molecular formula is C20H18BrF3N2O5. The van der Waals surface area contributed by atoms with Crippen molar-refractivity contribution in [2.24, 2.45) is 5.10 Å². The maximum absolute atomic E-state index is 12.8. The van der Waals surface area contributed by atoms with Gasteiger partial charge in [-0.2, -0.15) is 18.3 Å². The molecule has 0 heterocycles. The molecule has 0 unspecified atom stereocenters. The number of nitrogens with zero attached hydrogens (tertiary/aromatic N) is 1. The lowest BCUT2D eigenvalue weighted by Crippen LogP contribution is -2.18. The Hall–Kier alpha value is -3.08. The molecule has 1 N–H and O–H groups in total. The van der Waals surface area contributed by atoms with Crippen molar-refractivity contribution in [3.63, 3.8) is 0 Å². The molecule has 1 amide bonds. The van der Waals surface area contributed by atoms with Gasteiger partial charge in [-0.05, 0) is 58.7 Å². The number of alkyl halides is 3. The summed E-state index contributed by atoms with van der Waals surface area (Å²) < 4.78 is 54.2. The standard InChI is InChI=1S/C20H18BrF3N2O5/c1-3-30-16-8-12(7-15(21)18(16)31-11-17(27)29-2)10-25-26-19(28)13-5-4-6-14(9-13)20(22,23)24/h4-10H,3,11H2,1-2H3,(H,26,28)/b25-10-. The number of rotatable bonds is 8. The Morgan fingerprint density at radius 3 is 2.58 bits per heavy atom. The molecule has 2 rings (SSSR count). The van der Waals surface area contributed by atoms with Gasteiger partial charge in [0.2, 0.25) is 0 Å². The number of hydrazone groups is 1. The largest absolute Gasteiger partial charge is 0.490 e. The molecule has 2 aromatic rings. The van der Waals surface area contributed by atoms with Crippen molar-refractivity contribution in [2.45, 2.75) is 13.1 Å². The van der Waals surface area contributed by atoms with Gasteiger partial charge in [0.05, 0.1) is 30.0 Å². The van der Waals surface area contributed by atoms with Crippen molar-refractivity contribution in [1.82, 2.24) is 5.43 Å². The fraction of sp³-hybridized carbons (Fsp3) is 0.250. The summed E-state index contributed by atoms with van der Waals surface area (Å²) >= 11 is 3.31. The van der Waals surface area contributed by atoms with Crippen LogP contribution < -0.4 is 14.9 Å². The van der Waals surface area contributed by atoms with Gasteiger partial charge in [-0.15, -0.1) is 0 Å². The van der Waals surface area contributed by atoms with Crippen molar-refractivity contribution in [1.29, 1.82) is 0 Å². The molecule has 0 saturated carbocycles. The van der Waals surface area contributed by atoms with Crippen molar-refractivity contribution in [3.05, 3.63) is 57.6 Å². The number of esters is 1. The van der Waals surface area contributed by atoms with Gasteiger partial charge in [-0.1, -0.05) is 6.07 Å². The van der Waals surface area contributed by atoms with Gasteiger partial charge in [0.25, 0.3) is 5.91 Å². The average molecular weight is 503 g/mol. The molecular weight excluding hydrogens is 485 g/mol. The summed E-state index contributed by atoms with van der Waals surface area (Å²) in [6, 6.07) is 7.14. The Balaban J connectivity index is 2.15. The second kappa shape index (κ2) is 10.8. The number of carbonyl (C=O) groups is 2. The topological polar surface area (TPSA) is 86.2 Å². The van der Waals surface area contributed by atoms with Gasteiger partial charge in [-0.3, -0.25) is 4.79 Å². The smallest absolute Gasteiger partial charge is 0.416 e. The van der Waals surface area contributed by atoms with Gasteiger partial charge >= 0.3 is 12.1 Å². The number of hydrogen-bond donors (Lipinski definition) is 1. The lowest BCUT2D eigenvalue weighted by Gasteiger charge is -2.13. The highest BCUT2D eigenvalue weighted by Gasteiger charge is 2.30. The molecule has 7 nitrogen and oxygen atoms in total. The van der Waals surface area contributed by atoms with Gasteiger partial charge in [-0.25, -0.2) is 10.2 Å². The normalized spacial score (nSPS) is 11.3. The van der Waals surface area contributed by atoms with Crippen LogP contribution in [0.3, 0.4) is 0 Å². The Morgan fingerprint density at radius 2 is 1.94 bits per heavy atom. The lowest BCUT2D eigenvalue weighted by atomic mass is 10.1. The van der Waals surface area contributed by atoms with Crippen LogP contribution in [0.5, 0.6) is 11.5 Å². The van der Waals surface area contributed by atoms with Crippen LogP contribution in [-0.4, -0.2) is 38.4 Å². The zero-order chi connectivity index (χ0) is 23.0.